The number of carbonyl (C=O) groups is 1. The maximum atomic E-state index is 12.1. The van der Waals surface area contributed by atoms with Crippen LogP contribution in [-0.4, -0.2) is 21.9 Å². The smallest absolute Gasteiger partial charge is 0.230 e. The lowest BCUT2D eigenvalue weighted by molar-refractivity contribution is -0.119. The van der Waals surface area contributed by atoms with Gasteiger partial charge in [0.05, 0.1) is 24.6 Å². The Morgan fingerprint density at radius 2 is 2.23 bits per heavy atom. The standard InChI is InChI=1S/C17H17ClN4O2S2/c1-11(12-4-2-5-13(18)8-12)20-15(23)10-25-17-22-21-16(26-17)19-9-14-6-3-7-24-14/h2-8,11H,9-10H2,1H3,(H,19,21)(H,20,23). The Labute approximate surface area is 164 Å². The van der Waals surface area contributed by atoms with E-state index >= 15 is 0 Å². The molecule has 0 saturated carbocycles. The van der Waals surface area contributed by atoms with E-state index in [1.165, 1.54) is 23.1 Å². The monoisotopic (exact) mass is 408 g/mol. The second-order valence-electron chi connectivity index (χ2n) is 5.44. The molecule has 0 radical (unpaired) electrons. The first kappa shape index (κ1) is 18.8. The fourth-order valence-electron chi connectivity index (χ4n) is 2.19. The Kier molecular flexibility index (Phi) is 6.54. The van der Waals surface area contributed by atoms with Crippen molar-refractivity contribution < 1.29 is 9.21 Å². The number of aromatic nitrogens is 2. The van der Waals surface area contributed by atoms with Crippen LogP contribution >= 0.6 is 34.7 Å². The average molecular weight is 409 g/mol. The van der Waals surface area contributed by atoms with E-state index in [4.69, 9.17) is 16.0 Å². The summed E-state index contributed by atoms with van der Waals surface area (Å²) >= 11 is 8.75. The van der Waals surface area contributed by atoms with Crippen molar-refractivity contribution in [3.8, 4) is 0 Å². The molecule has 0 bridgehead atoms. The minimum atomic E-state index is -0.109. The molecule has 0 saturated heterocycles. The molecule has 3 rings (SSSR count). The minimum absolute atomic E-state index is 0.0669. The molecule has 3 aromatic rings. The lowest BCUT2D eigenvalue weighted by Crippen LogP contribution is -2.28. The van der Waals surface area contributed by atoms with Crippen LogP contribution in [0.1, 0.15) is 24.3 Å². The number of furan rings is 1. The van der Waals surface area contributed by atoms with Crippen LogP contribution in [0.2, 0.25) is 5.02 Å². The third-order valence-electron chi connectivity index (χ3n) is 3.45. The van der Waals surface area contributed by atoms with Gasteiger partial charge >= 0.3 is 0 Å². The molecule has 2 N–H and O–H groups in total. The molecule has 6 nitrogen and oxygen atoms in total. The third-order valence-corrected chi connectivity index (χ3v) is 5.70. The quantitative estimate of drug-likeness (QED) is 0.539. The van der Waals surface area contributed by atoms with Gasteiger partial charge in [0, 0.05) is 5.02 Å². The summed E-state index contributed by atoms with van der Waals surface area (Å²) in [5.74, 6) is 1.03. The summed E-state index contributed by atoms with van der Waals surface area (Å²) in [6, 6.07) is 11.1. The molecule has 0 aliphatic rings. The number of anilines is 1. The number of carbonyl (C=O) groups excluding carboxylic acids is 1. The molecule has 1 unspecified atom stereocenters. The molecular weight excluding hydrogens is 392 g/mol. The summed E-state index contributed by atoms with van der Waals surface area (Å²) in [6.07, 6.45) is 1.63. The summed E-state index contributed by atoms with van der Waals surface area (Å²) in [5.41, 5.74) is 0.969. The highest BCUT2D eigenvalue weighted by molar-refractivity contribution is 8.01. The number of hydrogen-bond acceptors (Lipinski definition) is 7. The number of thioether (sulfide) groups is 1. The number of halogens is 1. The fraction of sp³-hybridized carbons (Fsp3) is 0.235. The van der Waals surface area contributed by atoms with Gasteiger partial charge < -0.3 is 15.1 Å². The Balaban J connectivity index is 1.44. The van der Waals surface area contributed by atoms with Crippen LogP contribution in [-0.2, 0) is 11.3 Å². The van der Waals surface area contributed by atoms with E-state index in [1.807, 2.05) is 43.3 Å². The van der Waals surface area contributed by atoms with Crippen molar-refractivity contribution in [1.29, 1.82) is 0 Å². The first-order chi connectivity index (χ1) is 12.6. The summed E-state index contributed by atoms with van der Waals surface area (Å²) in [6.45, 7) is 2.47. The van der Waals surface area contributed by atoms with E-state index in [1.54, 1.807) is 6.26 Å². The van der Waals surface area contributed by atoms with Crippen LogP contribution in [0.15, 0.2) is 51.4 Å². The summed E-state index contributed by atoms with van der Waals surface area (Å²) in [4.78, 5) is 12.1. The average Bonchev–Trinajstić information content (AvgIpc) is 3.30. The molecule has 1 aromatic carbocycles. The molecule has 0 spiro atoms. The third kappa shape index (κ3) is 5.48. The molecule has 0 aliphatic carbocycles. The van der Waals surface area contributed by atoms with Gasteiger partial charge in [-0.3, -0.25) is 4.79 Å². The van der Waals surface area contributed by atoms with Crippen LogP contribution in [0.25, 0.3) is 0 Å². The fourth-order valence-corrected chi connectivity index (χ4v) is 3.94. The largest absolute Gasteiger partial charge is 0.467 e. The van der Waals surface area contributed by atoms with Crippen molar-refractivity contribution in [1.82, 2.24) is 15.5 Å². The van der Waals surface area contributed by atoms with Gasteiger partial charge in [0.1, 0.15) is 5.76 Å². The van der Waals surface area contributed by atoms with E-state index in [2.05, 4.69) is 20.8 Å². The molecule has 1 atom stereocenters. The van der Waals surface area contributed by atoms with E-state index < -0.39 is 0 Å². The number of nitrogens with one attached hydrogen (secondary N) is 2. The molecule has 26 heavy (non-hydrogen) atoms. The Bertz CT molecular complexity index is 854. The van der Waals surface area contributed by atoms with Gasteiger partial charge in [0.25, 0.3) is 0 Å². The van der Waals surface area contributed by atoms with E-state index in [0.717, 1.165) is 15.7 Å². The minimum Gasteiger partial charge on any atom is -0.467 e. The predicted octanol–water partition coefficient (Wildman–Crippen LogP) is 4.37. The molecule has 9 heteroatoms. The summed E-state index contributed by atoms with van der Waals surface area (Å²) in [5, 5.41) is 15.6. The van der Waals surface area contributed by atoms with Crippen molar-refractivity contribution in [2.24, 2.45) is 0 Å². The van der Waals surface area contributed by atoms with E-state index in [0.29, 0.717) is 16.7 Å². The van der Waals surface area contributed by atoms with Gasteiger partial charge in [0.2, 0.25) is 11.0 Å². The zero-order valence-corrected chi connectivity index (χ0v) is 16.3. The number of amides is 1. The van der Waals surface area contributed by atoms with Crippen LogP contribution in [0, 0.1) is 0 Å². The highest BCUT2D eigenvalue weighted by Gasteiger charge is 2.12. The lowest BCUT2D eigenvalue weighted by Gasteiger charge is -2.14. The SMILES string of the molecule is CC(NC(=O)CSc1nnc(NCc2ccco2)s1)c1cccc(Cl)c1. The second kappa shape index (κ2) is 9.07. The predicted molar refractivity (Wildman–Crippen MR) is 105 cm³/mol. The highest BCUT2D eigenvalue weighted by atomic mass is 35.5. The topological polar surface area (TPSA) is 80.0 Å². The molecule has 136 valence electrons. The number of benzene rings is 1. The maximum Gasteiger partial charge on any atom is 0.230 e. The van der Waals surface area contributed by atoms with Crippen LogP contribution in [0.3, 0.4) is 0 Å². The molecule has 1 amide bonds. The first-order valence-electron chi connectivity index (χ1n) is 7.87. The van der Waals surface area contributed by atoms with Crippen LogP contribution in [0.4, 0.5) is 5.13 Å². The maximum absolute atomic E-state index is 12.1. The second-order valence-corrected chi connectivity index (χ2v) is 8.08. The van der Waals surface area contributed by atoms with Crippen molar-refractivity contribution in [2.45, 2.75) is 23.8 Å². The number of rotatable bonds is 8. The number of hydrogen-bond donors (Lipinski definition) is 2. The Hall–Kier alpha value is -2.03. The van der Waals surface area contributed by atoms with Gasteiger partial charge in [-0.05, 0) is 36.8 Å². The summed E-state index contributed by atoms with van der Waals surface area (Å²) < 4.78 is 5.98. The Morgan fingerprint density at radius 1 is 1.35 bits per heavy atom. The van der Waals surface area contributed by atoms with Crippen molar-refractivity contribution in [2.75, 3.05) is 11.1 Å². The van der Waals surface area contributed by atoms with Gasteiger partial charge in [-0.1, -0.05) is 46.8 Å². The molecule has 0 aliphatic heterocycles. The zero-order chi connectivity index (χ0) is 18.4. The van der Waals surface area contributed by atoms with Crippen molar-refractivity contribution >= 4 is 45.7 Å². The van der Waals surface area contributed by atoms with Crippen molar-refractivity contribution in [3.05, 3.63) is 59.0 Å². The molecular formula is C17H17ClN4O2S2. The van der Waals surface area contributed by atoms with Crippen molar-refractivity contribution in [3.63, 3.8) is 0 Å². The molecule has 2 heterocycles. The van der Waals surface area contributed by atoms with Crippen LogP contribution in [0.5, 0.6) is 0 Å². The molecule has 0 fully saturated rings. The van der Waals surface area contributed by atoms with Gasteiger partial charge in [-0.2, -0.15) is 0 Å². The first-order valence-corrected chi connectivity index (χ1v) is 10.1. The van der Waals surface area contributed by atoms with E-state index in [-0.39, 0.29) is 17.7 Å². The van der Waals surface area contributed by atoms with Gasteiger partial charge in [0.15, 0.2) is 4.34 Å². The van der Waals surface area contributed by atoms with Gasteiger partial charge in [-0.15, -0.1) is 10.2 Å². The van der Waals surface area contributed by atoms with Gasteiger partial charge in [-0.25, -0.2) is 0 Å². The zero-order valence-electron chi connectivity index (χ0n) is 13.9. The summed E-state index contributed by atoms with van der Waals surface area (Å²) in [7, 11) is 0. The number of nitrogens with zero attached hydrogens (tertiary/aromatic N) is 2. The highest BCUT2D eigenvalue weighted by Crippen LogP contribution is 2.26. The lowest BCUT2D eigenvalue weighted by atomic mass is 10.1. The van der Waals surface area contributed by atoms with E-state index in [9.17, 15) is 4.79 Å². The normalized spacial score (nSPS) is 11.9. The molecule has 2 aromatic heterocycles. The van der Waals surface area contributed by atoms with Crippen LogP contribution < -0.4 is 10.6 Å². The Morgan fingerprint density at radius 3 is 3.00 bits per heavy atom.